The molecule has 126 valence electrons. The Morgan fingerprint density at radius 2 is 2.20 bits per heavy atom. The van der Waals surface area contributed by atoms with Crippen molar-refractivity contribution in [3.05, 3.63) is 57.3 Å². The molecule has 0 aliphatic carbocycles. The molecule has 0 fully saturated rings. The number of amides is 1. The number of ether oxygens (including phenoxy) is 1. The van der Waals surface area contributed by atoms with Crippen molar-refractivity contribution in [1.82, 2.24) is 4.57 Å². The van der Waals surface area contributed by atoms with Crippen LogP contribution in [0.4, 0.5) is 0 Å². The number of fused-ring (bicyclic) bond motifs is 1. The molecule has 1 heterocycles. The normalized spacial score (nSPS) is 11.5. The number of thiazole rings is 1. The molecular weight excluding hydrogens is 356 g/mol. The number of hydrogen-bond donors (Lipinski definition) is 0. The van der Waals surface area contributed by atoms with Crippen LogP contribution in [0.25, 0.3) is 10.2 Å². The molecule has 25 heavy (non-hydrogen) atoms. The van der Waals surface area contributed by atoms with Crippen LogP contribution in [0.1, 0.15) is 15.9 Å². The van der Waals surface area contributed by atoms with Crippen molar-refractivity contribution >= 4 is 39.1 Å². The number of aryl methyl sites for hydroxylation is 1. The van der Waals surface area contributed by atoms with Crippen LogP contribution >= 0.6 is 22.9 Å². The zero-order valence-corrected chi connectivity index (χ0v) is 15.3. The molecule has 0 radical (unpaired) electrons. The van der Waals surface area contributed by atoms with Crippen LogP contribution in [0.5, 0.6) is 5.75 Å². The van der Waals surface area contributed by atoms with Gasteiger partial charge in [-0.25, -0.2) is 0 Å². The third-order valence-electron chi connectivity index (χ3n) is 3.79. The number of carbonyl (C=O) groups is 1. The summed E-state index contributed by atoms with van der Waals surface area (Å²) in [6.07, 6.45) is 5.51. The SMILES string of the molecule is C#CCn1c(=NC(=O)c2cccc(OC)c2)sc2ccc(Cl)c(C)c21. The molecule has 3 rings (SSSR count). The number of carbonyl (C=O) groups excluding carboxylic acids is 1. The fraction of sp³-hybridized carbons (Fsp3) is 0.158. The summed E-state index contributed by atoms with van der Waals surface area (Å²) >= 11 is 7.64. The molecule has 0 N–H and O–H groups in total. The predicted molar refractivity (Wildman–Crippen MR) is 101 cm³/mol. The molecule has 0 spiro atoms. The highest BCUT2D eigenvalue weighted by Gasteiger charge is 2.12. The van der Waals surface area contributed by atoms with Crippen LogP contribution in [-0.2, 0) is 6.54 Å². The fourth-order valence-electron chi connectivity index (χ4n) is 2.55. The van der Waals surface area contributed by atoms with Crippen LogP contribution in [0.15, 0.2) is 41.4 Å². The number of benzene rings is 2. The standard InChI is InChI=1S/C19H15ClN2O2S/c1-4-10-22-17-12(2)15(20)8-9-16(17)25-19(22)21-18(23)13-6-5-7-14(11-13)24-3/h1,5-9,11H,10H2,2-3H3. The Labute approximate surface area is 154 Å². The first kappa shape index (κ1) is 17.3. The van der Waals surface area contributed by atoms with Crippen molar-refractivity contribution in [3.63, 3.8) is 0 Å². The second-order valence-electron chi connectivity index (χ2n) is 5.34. The van der Waals surface area contributed by atoms with Crippen LogP contribution in [-0.4, -0.2) is 17.6 Å². The summed E-state index contributed by atoms with van der Waals surface area (Å²) in [4.78, 5) is 17.4. The monoisotopic (exact) mass is 370 g/mol. The first-order chi connectivity index (χ1) is 12.0. The van der Waals surface area contributed by atoms with E-state index in [2.05, 4.69) is 10.9 Å². The number of hydrogen-bond acceptors (Lipinski definition) is 3. The van der Waals surface area contributed by atoms with Gasteiger partial charge in [-0.3, -0.25) is 4.79 Å². The van der Waals surface area contributed by atoms with Gasteiger partial charge in [0.05, 0.1) is 23.9 Å². The third-order valence-corrected chi connectivity index (χ3v) is 5.25. The first-order valence-corrected chi connectivity index (χ1v) is 8.69. The molecule has 1 aromatic heterocycles. The van der Waals surface area contributed by atoms with Gasteiger partial charge in [0.2, 0.25) is 0 Å². The molecule has 0 aliphatic heterocycles. The summed E-state index contributed by atoms with van der Waals surface area (Å²) in [7, 11) is 1.56. The van der Waals surface area contributed by atoms with Gasteiger partial charge in [0.25, 0.3) is 5.91 Å². The molecule has 6 heteroatoms. The Morgan fingerprint density at radius 1 is 1.40 bits per heavy atom. The van der Waals surface area contributed by atoms with Gasteiger partial charge in [-0.1, -0.05) is 34.9 Å². The Balaban J connectivity index is 2.18. The van der Waals surface area contributed by atoms with Gasteiger partial charge in [0, 0.05) is 10.6 Å². The molecule has 0 atom stereocenters. The van der Waals surface area contributed by atoms with Crippen LogP contribution in [0, 0.1) is 19.3 Å². The number of rotatable bonds is 3. The van der Waals surface area contributed by atoms with E-state index in [1.54, 1.807) is 31.4 Å². The largest absolute Gasteiger partial charge is 0.497 e. The summed E-state index contributed by atoms with van der Waals surface area (Å²) in [5.74, 6) is 2.88. The maximum Gasteiger partial charge on any atom is 0.279 e. The van der Waals surface area contributed by atoms with Crippen molar-refractivity contribution in [2.75, 3.05) is 7.11 Å². The van der Waals surface area contributed by atoms with Gasteiger partial charge in [-0.05, 0) is 42.8 Å². The second-order valence-corrected chi connectivity index (χ2v) is 6.76. The molecule has 0 unspecified atom stereocenters. The van der Waals surface area contributed by atoms with E-state index in [-0.39, 0.29) is 5.91 Å². The van der Waals surface area contributed by atoms with E-state index in [0.717, 1.165) is 15.8 Å². The van der Waals surface area contributed by atoms with E-state index >= 15 is 0 Å². The van der Waals surface area contributed by atoms with E-state index in [9.17, 15) is 4.79 Å². The van der Waals surface area contributed by atoms with Crippen LogP contribution < -0.4 is 9.54 Å². The van der Waals surface area contributed by atoms with Crippen molar-refractivity contribution in [1.29, 1.82) is 0 Å². The summed E-state index contributed by atoms with van der Waals surface area (Å²) in [5, 5.41) is 0.654. The van der Waals surface area contributed by atoms with Crippen molar-refractivity contribution in [2.24, 2.45) is 4.99 Å². The zero-order valence-electron chi connectivity index (χ0n) is 13.7. The van der Waals surface area contributed by atoms with Gasteiger partial charge in [-0.2, -0.15) is 4.99 Å². The second kappa shape index (κ2) is 7.14. The highest BCUT2D eigenvalue weighted by Crippen LogP contribution is 2.27. The van der Waals surface area contributed by atoms with Crippen molar-refractivity contribution in [3.8, 4) is 18.1 Å². The lowest BCUT2D eigenvalue weighted by atomic mass is 10.2. The first-order valence-electron chi connectivity index (χ1n) is 7.50. The maximum atomic E-state index is 12.6. The number of nitrogens with zero attached hydrogens (tertiary/aromatic N) is 2. The number of aromatic nitrogens is 1. The van der Waals surface area contributed by atoms with E-state index in [1.807, 2.05) is 23.6 Å². The molecule has 0 saturated carbocycles. The third kappa shape index (κ3) is 3.32. The Morgan fingerprint density at radius 3 is 2.92 bits per heavy atom. The molecule has 2 aromatic carbocycles. The minimum atomic E-state index is -0.347. The van der Waals surface area contributed by atoms with Gasteiger partial charge < -0.3 is 9.30 Å². The number of terminal acetylenes is 1. The maximum absolute atomic E-state index is 12.6. The van der Waals surface area contributed by atoms with Gasteiger partial charge in [-0.15, -0.1) is 6.42 Å². The lowest BCUT2D eigenvalue weighted by molar-refractivity contribution is 0.0997. The van der Waals surface area contributed by atoms with Crippen molar-refractivity contribution in [2.45, 2.75) is 13.5 Å². The Bertz CT molecular complexity index is 1070. The summed E-state index contributed by atoms with van der Waals surface area (Å²) in [6.45, 7) is 2.24. The lowest BCUT2D eigenvalue weighted by Crippen LogP contribution is -2.17. The highest BCUT2D eigenvalue weighted by molar-refractivity contribution is 7.16. The molecule has 0 bridgehead atoms. The van der Waals surface area contributed by atoms with E-state index in [1.165, 1.54) is 11.3 Å². The topological polar surface area (TPSA) is 43.6 Å². The smallest absolute Gasteiger partial charge is 0.279 e. The summed E-state index contributed by atoms with van der Waals surface area (Å²) in [6, 6.07) is 10.6. The van der Waals surface area contributed by atoms with Gasteiger partial charge in [0.15, 0.2) is 4.80 Å². The predicted octanol–water partition coefficient (Wildman–Crippen LogP) is 4.05. The van der Waals surface area contributed by atoms with Gasteiger partial charge in [0.1, 0.15) is 5.75 Å². The Kier molecular flexibility index (Phi) is 4.93. The average molecular weight is 371 g/mol. The van der Waals surface area contributed by atoms with Crippen LogP contribution in [0.3, 0.4) is 0 Å². The zero-order chi connectivity index (χ0) is 18.0. The quantitative estimate of drug-likeness (QED) is 0.653. The van der Waals surface area contributed by atoms with E-state index in [0.29, 0.717) is 27.7 Å². The minimum Gasteiger partial charge on any atom is -0.497 e. The fourth-order valence-corrected chi connectivity index (χ4v) is 3.79. The summed E-state index contributed by atoms with van der Waals surface area (Å²) < 4.78 is 7.98. The highest BCUT2D eigenvalue weighted by atomic mass is 35.5. The van der Waals surface area contributed by atoms with Crippen molar-refractivity contribution < 1.29 is 9.53 Å². The minimum absolute atomic E-state index is 0.311. The number of halogens is 1. The number of methoxy groups -OCH3 is 1. The van der Waals surface area contributed by atoms with Crippen LogP contribution in [0.2, 0.25) is 5.02 Å². The molecule has 3 aromatic rings. The summed E-state index contributed by atoms with van der Waals surface area (Å²) in [5.41, 5.74) is 2.28. The average Bonchev–Trinajstić information content (AvgIpc) is 2.96. The Hall–Kier alpha value is -2.55. The lowest BCUT2D eigenvalue weighted by Gasteiger charge is -2.04. The van der Waals surface area contributed by atoms with Gasteiger partial charge >= 0.3 is 0 Å². The molecule has 0 aliphatic rings. The molecule has 0 saturated heterocycles. The van der Waals surface area contributed by atoms with E-state index < -0.39 is 0 Å². The molecule has 4 nitrogen and oxygen atoms in total. The molecule has 1 amide bonds. The van der Waals surface area contributed by atoms with E-state index in [4.69, 9.17) is 22.8 Å². The molecular formula is C19H15ClN2O2S.